The molecule has 5 rings (SSSR count). The first-order valence-electron chi connectivity index (χ1n) is 12.6. The second-order valence-corrected chi connectivity index (χ2v) is 9.83. The second-order valence-electron chi connectivity index (χ2n) is 9.42. The van der Waals surface area contributed by atoms with Crippen LogP contribution < -0.4 is 27.0 Å². The van der Waals surface area contributed by atoms with Crippen molar-refractivity contribution < 1.29 is 0 Å². The fourth-order valence-corrected chi connectivity index (χ4v) is 5.12. The summed E-state index contributed by atoms with van der Waals surface area (Å²) in [5.74, 6) is 0. The molecule has 1 aliphatic rings. The van der Waals surface area contributed by atoms with Gasteiger partial charge in [0, 0.05) is 23.5 Å². The molecule has 3 aromatic carbocycles. The van der Waals surface area contributed by atoms with Crippen molar-refractivity contribution in [1.29, 1.82) is 10.5 Å². The molecular weight excluding hydrogens is 507 g/mol. The van der Waals surface area contributed by atoms with Gasteiger partial charge < -0.3 is 21.5 Å². The SMILES string of the molecule is BC(Nc1cc(Cl)c2ncc(C#N)c(N[C@H](CC)c3ccccc3)c2c1)(C1=CNNN1)c1cccc(C#N)c1. The van der Waals surface area contributed by atoms with Crippen molar-refractivity contribution in [2.75, 3.05) is 10.6 Å². The predicted molar refractivity (Wildman–Crippen MR) is 157 cm³/mol. The maximum absolute atomic E-state index is 9.97. The van der Waals surface area contributed by atoms with Crippen molar-refractivity contribution in [2.24, 2.45) is 0 Å². The third-order valence-electron chi connectivity index (χ3n) is 6.96. The van der Waals surface area contributed by atoms with Crippen LogP contribution in [0.25, 0.3) is 10.9 Å². The molecule has 0 saturated heterocycles. The molecule has 39 heavy (non-hydrogen) atoms. The van der Waals surface area contributed by atoms with Gasteiger partial charge in [0.1, 0.15) is 13.9 Å². The summed E-state index contributed by atoms with van der Waals surface area (Å²) in [6, 6.07) is 25.9. The first-order chi connectivity index (χ1) is 19.0. The Labute approximate surface area is 233 Å². The maximum atomic E-state index is 9.97. The van der Waals surface area contributed by atoms with Gasteiger partial charge in [0.15, 0.2) is 0 Å². The Hall–Kier alpha value is -4.70. The minimum atomic E-state index is -0.774. The van der Waals surface area contributed by atoms with E-state index < -0.39 is 5.44 Å². The number of anilines is 2. The molecule has 0 bridgehead atoms. The third kappa shape index (κ3) is 5.06. The summed E-state index contributed by atoms with van der Waals surface area (Å²) in [5.41, 5.74) is 14.0. The molecule has 4 aromatic rings. The number of hydrogen-bond donors (Lipinski definition) is 5. The number of nitriles is 2. The smallest absolute Gasteiger partial charge is 0.148 e. The van der Waals surface area contributed by atoms with Crippen molar-refractivity contribution in [1.82, 2.24) is 21.4 Å². The summed E-state index contributed by atoms with van der Waals surface area (Å²) >= 11 is 6.79. The van der Waals surface area contributed by atoms with Crippen molar-refractivity contribution in [3.8, 4) is 12.1 Å². The van der Waals surface area contributed by atoms with Crippen molar-refractivity contribution >= 4 is 41.7 Å². The molecule has 192 valence electrons. The van der Waals surface area contributed by atoms with Crippen LogP contribution in [-0.4, -0.2) is 12.8 Å². The Balaban J connectivity index is 1.63. The number of nitrogens with zero attached hydrogens (tertiary/aromatic N) is 3. The first kappa shape index (κ1) is 25.9. The van der Waals surface area contributed by atoms with Crippen LogP contribution in [0, 0.1) is 22.7 Å². The summed E-state index contributed by atoms with van der Waals surface area (Å²) in [7, 11) is 2.01. The average Bonchev–Trinajstić information content (AvgIpc) is 3.52. The molecule has 0 spiro atoms. The van der Waals surface area contributed by atoms with E-state index in [2.05, 4.69) is 63.2 Å². The molecule has 1 aliphatic heterocycles. The van der Waals surface area contributed by atoms with Gasteiger partial charge in [-0.1, -0.05) is 61.0 Å². The molecule has 0 radical (unpaired) electrons. The standard InChI is InChI=1S/C29H26BClN8/c1-2-25(19-8-4-3-5-9-19)36-27-20(15-33)16-34-28-23(27)12-22(13-24(28)31)37-29(30,26-17-35-39-38-26)21-10-6-7-18(11-21)14-32/h3-13,16-17,25,35,37-39H,2,30H2,1H3,(H,34,36)/t25-,29?/m1/s1. The third-order valence-corrected chi connectivity index (χ3v) is 7.25. The van der Waals surface area contributed by atoms with Crippen LogP contribution in [0.1, 0.15) is 41.6 Å². The summed E-state index contributed by atoms with van der Waals surface area (Å²) in [5, 5.41) is 27.9. The number of benzene rings is 3. The number of aromatic nitrogens is 1. The van der Waals surface area contributed by atoms with Crippen molar-refractivity contribution in [3.05, 3.63) is 112 Å². The minimum absolute atomic E-state index is 0.0109. The lowest BCUT2D eigenvalue weighted by atomic mass is 9.69. The van der Waals surface area contributed by atoms with Gasteiger partial charge in [-0.05, 0) is 41.8 Å². The van der Waals surface area contributed by atoms with Crippen LogP contribution in [-0.2, 0) is 5.44 Å². The van der Waals surface area contributed by atoms with E-state index >= 15 is 0 Å². The van der Waals surface area contributed by atoms with Crippen LogP contribution in [0.5, 0.6) is 0 Å². The largest absolute Gasteiger partial charge is 0.378 e. The zero-order chi connectivity index (χ0) is 27.4. The van der Waals surface area contributed by atoms with Gasteiger partial charge in [-0.2, -0.15) is 16.1 Å². The molecule has 2 heterocycles. The average molecular weight is 533 g/mol. The highest BCUT2D eigenvalue weighted by molar-refractivity contribution is 6.36. The van der Waals surface area contributed by atoms with Gasteiger partial charge in [-0.3, -0.25) is 4.98 Å². The van der Waals surface area contributed by atoms with Crippen LogP contribution in [0.4, 0.5) is 11.4 Å². The number of nitrogens with one attached hydrogen (secondary N) is 5. The molecule has 2 atom stereocenters. The number of halogens is 1. The van der Waals surface area contributed by atoms with E-state index in [9.17, 15) is 10.5 Å². The normalized spacial score (nSPS) is 14.6. The van der Waals surface area contributed by atoms with Gasteiger partial charge in [-0.25, -0.2) is 0 Å². The van der Waals surface area contributed by atoms with Crippen LogP contribution in [0.3, 0.4) is 0 Å². The Morgan fingerprint density at radius 2 is 1.90 bits per heavy atom. The molecular formula is C29H26BClN8. The molecule has 0 aliphatic carbocycles. The molecule has 8 nitrogen and oxygen atoms in total. The van der Waals surface area contributed by atoms with E-state index in [1.165, 1.54) is 0 Å². The van der Waals surface area contributed by atoms with Gasteiger partial charge in [0.25, 0.3) is 0 Å². The summed E-state index contributed by atoms with van der Waals surface area (Å²) < 4.78 is 0. The molecule has 1 unspecified atom stereocenters. The highest BCUT2D eigenvalue weighted by atomic mass is 35.5. The molecule has 1 aromatic heterocycles. The zero-order valence-corrected chi connectivity index (χ0v) is 22.3. The van der Waals surface area contributed by atoms with E-state index in [0.717, 1.165) is 34.3 Å². The van der Waals surface area contributed by atoms with Crippen LogP contribution in [0.2, 0.25) is 5.02 Å². The zero-order valence-electron chi connectivity index (χ0n) is 21.5. The van der Waals surface area contributed by atoms with Gasteiger partial charge in [0.2, 0.25) is 0 Å². The molecule has 0 fully saturated rings. The van der Waals surface area contributed by atoms with Crippen molar-refractivity contribution in [3.63, 3.8) is 0 Å². The number of pyridine rings is 1. The number of hydrogen-bond acceptors (Lipinski definition) is 8. The van der Waals surface area contributed by atoms with Crippen molar-refractivity contribution in [2.45, 2.75) is 24.8 Å². The number of fused-ring (bicyclic) bond motifs is 1. The summed E-state index contributed by atoms with van der Waals surface area (Å²) in [6.45, 7) is 2.10. The van der Waals surface area contributed by atoms with Gasteiger partial charge >= 0.3 is 0 Å². The molecule has 0 saturated carbocycles. The summed E-state index contributed by atoms with van der Waals surface area (Å²) in [4.78, 5) is 4.51. The predicted octanol–water partition coefficient (Wildman–Crippen LogP) is 4.55. The van der Waals surface area contributed by atoms with Crippen LogP contribution in [0.15, 0.2) is 84.8 Å². The van der Waals surface area contributed by atoms with Gasteiger partial charge in [-0.15, -0.1) is 0 Å². The highest BCUT2D eigenvalue weighted by Gasteiger charge is 2.33. The fraction of sp³-hybridized carbons (Fsp3) is 0.138. The van der Waals surface area contributed by atoms with Crippen LogP contribution >= 0.6 is 11.6 Å². The van der Waals surface area contributed by atoms with E-state index in [0.29, 0.717) is 27.4 Å². The number of hydrazine groups is 2. The van der Waals surface area contributed by atoms with E-state index in [4.69, 9.17) is 11.6 Å². The maximum Gasteiger partial charge on any atom is 0.148 e. The Morgan fingerprint density at radius 1 is 1.08 bits per heavy atom. The second kappa shape index (κ2) is 11.0. The monoisotopic (exact) mass is 532 g/mol. The lowest BCUT2D eigenvalue weighted by Crippen LogP contribution is -2.44. The van der Waals surface area contributed by atoms with Gasteiger partial charge in [0.05, 0.1) is 50.6 Å². The van der Waals surface area contributed by atoms with E-state index in [-0.39, 0.29) is 6.04 Å². The summed E-state index contributed by atoms with van der Waals surface area (Å²) in [6.07, 6.45) is 4.20. The fourth-order valence-electron chi connectivity index (χ4n) is 4.85. The quantitative estimate of drug-likeness (QED) is 0.210. The van der Waals surface area contributed by atoms with E-state index in [1.807, 2.05) is 62.6 Å². The molecule has 0 amide bonds. The lowest BCUT2D eigenvalue weighted by molar-refractivity contribution is 0.572. The minimum Gasteiger partial charge on any atom is -0.378 e. The first-order valence-corrected chi connectivity index (χ1v) is 12.9. The Bertz CT molecular complexity index is 1640. The molecule has 5 N–H and O–H groups in total. The number of rotatable bonds is 8. The lowest BCUT2D eigenvalue weighted by Gasteiger charge is -2.34. The highest BCUT2D eigenvalue weighted by Crippen LogP contribution is 2.38. The van der Waals surface area contributed by atoms with E-state index in [1.54, 1.807) is 12.3 Å². The Kier molecular flexibility index (Phi) is 7.29. The molecule has 10 heteroatoms. The Morgan fingerprint density at radius 3 is 2.59 bits per heavy atom. The topological polar surface area (TPSA) is 121 Å².